The summed E-state index contributed by atoms with van der Waals surface area (Å²) in [6, 6.07) is 19.8. The van der Waals surface area contributed by atoms with E-state index in [1.807, 2.05) is 24.3 Å². The third-order valence-corrected chi connectivity index (χ3v) is 5.68. The summed E-state index contributed by atoms with van der Waals surface area (Å²) in [5.74, 6) is 0.147. The first kappa shape index (κ1) is 22.4. The molecule has 166 valence electrons. The minimum atomic E-state index is -0.727. The van der Waals surface area contributed by atoms with Gasteiger partial charge >= 0.3 is 5.97 Å². The number of thioether (sulfide) groups is 1. The number of amides is 1. The molecule has 1 heterocycles. The Labute approximate surface area is 195 Å². The number of benzene rings is 2. The molecular weight excluding hydrogens is 438 g/mol. The Bertz CT molecular complexity index is 1220. The maximum Gasteiger partial charge on any atom is 0.340 e. The number of nitriles is 1. The molecule has 0 atom stereocenters. The fraction of sp³-hybridized carbons (Fsp3) is 0.200. The van der Waals surface area contributed by atoms with Gasteiger partial charge in [0.25, 0.3) is 5.91 Å². The van der Waals surface area contributed by atoms with Crippen LogP contribution >= 0.6 is 11.8 Å². The van der Waals surface area contributed by atoms with Gasteiger partial charge in [-0.15, -0.1) is 11.8 Å². The number of hydrogen-bond acceptors (Lipinski definition) is 7. The van der Waals surface area contributed by atoms with Gasteiger partial charge in [-0.25, -0.2) is 9.78 Å². The zero-order chi connectivity index (χ0) is 23.2. The monoisotopic (exact) mass is 459 g/mol. The molecule has 1 aliphatic carbocycles. The molecule has 1 aliphatic rings. The van der Waals surface area contributed by atoms with Crippen molar-refractivity contribution in [3.8, 4) is 17.6 Å². The van der Waals surface area contributed by atoms with Gasteiger partial charge in [0, 0.05) is 11.6 Å². The highest BCUT2D eigenvalue weighted by molar-refractivity contribution is 7.98. The maximum absolute atomic E-state index is 12.7. The highest BCUT2D eigenvalue weighted by Crippen LogP contribution is 2.40. The van der Waals surface area contributed by atoms with Crippen LogP contribution in [0.15, 0.2) is 65.7 Å². The van der Waals surface area contributed by atoms with Gasteiger partial charge in [-0.1, -0.05) is 30.3 Å². The second kappa shape index (κ2) is 10.2. The number of nitrogens with zero attached hydrogens (tertiary/aromatic N) is 2. The number of aromatic nitrogens is 1. The van der Waals surface area contributed by atoms with Gasteiger partial charge in [0.05, 0.1) is 16.8 Å². The van der Waals surface area contributed by atoms with Crippen molar-refractivity contribution >= 4 is 29.3 Å². The quantitative estimate of drug-likeness (QED) is 0.368. The summed E-state index contributed by atoms with van der Waals surface area (Å²) < 4.78 is 11.1. The molecule has 0 saturated heterocycles. The summed E-state index contributed by atoms with van der Waals surface area (Å²) in [5.41, 5.74) is 1.53. The van der Waals surface area contributed by atoms with E-state index < -0.39 is 18.5 Å². The molecule has 1 saturated carbocycles. The van der Waals surface area contributed by atoms with E-state index in [9.17, 15) is 14.9 Å². The first-order chi connectivity index (χ1) is 16.1. The van der Waals surface area contributed by atoms with Crippen LogP contribution in [0, 0.1) is 11.3 Å². The molecule has 4 rings (SSSR count). The van der Waals surface area contributed by atoms with Gasteiger partial charge in [-0.05, 0) is 49.4 Å². The van der Waals surface area contributed by atoms with E-state index in [1.165, 1.54) is 11.8 Å². The molecule has 1 N–H and O–H groups in total. The molecule has 1 aromatic heterocycles. The van der Waals surface area contributed by atoms with E-state index in [0.29, 0.717) is 28.1 Å². The van der Waals surface area contributed by atoms with E-state index in [2.05, 4.69) is 10.3 Å². The maximum atomic E-state index is 12.7. The van der Waals surface area contributed by atoms with E-state index in [0.717, 1.165) is 18.5 Å². The Morgan fingerprint density at radius 2 is 1.88 bits per heavy atom. The molecule has 0 bridgehead atoms. The van der Waals surface area contributed by atoms with Gasteiger partial charge in [-0.2, -0.15) is 5.26 Å². The number of anilines is 1. The van der Waals surface area contributed by atoms with Crippen LogP contribution in [0.25, 0.3) is 0 Å². The SMILES string of the molecule is CSc1nc(C2CC2)cc(C(=O)OCC(=O)Nc2ccccc2Oc2ccccc2)c1C#N. The molecule has 3 aromatic rings. The number of rotatable bonds is 8. The van der Waals surface area contributed by atoms with Crippen LogP contribution in [0.1, 0.15) is 40.4 Å². The Morgan fingerprint density at radius 1 is 1.15 bits per heavy atom. The zero-order valence-electron chi connectivity index (χ0n) is 17.9. The average molecular weight is 460 g/mol. The molecule has 0 radical (unpaired) electrons. The number of para-hydroxylation sites is 3. The minimum absolute atomic E-state index is 0.138. The van der Waals surface area contributed by atoms with Crippen molar-refractivity contribution in [1.29, 1.82) is 5.26 Å². The van der Waals surface area contributed by atoms with Crippen LogP contribution < -0.4 is 10.1 Å². The standard InChI is InChI=1S/C25H21N3O4S/c1-33-24-19(14-26)18(13-21(28-24)16-11-12-16)25(30)31-15-23(29)27-20-9-5-6-10-22(20)32-17-7-3-2-4-8-17/h2-10,13,16H,11-12,15H2,1H3,(H,27,29). The molecule has 7 nitrogen and oxygen atoms in total. The summed E-state index contributed by atoms with van der Waals surface area (Å²) in [4.78, 5) is 29.7. The summed E-state index contributed by atoms with van der Waals surface area (Å²) in [5, 5.41) is 12.7. The second-order valence-corrected chi connectivity index (χ2v) is 8.20. The lowest BCUT2D eigenvalue weighted by Gasteiger charge is -2.13. The summed E-state index contributed by atoms with van der Waals surface area (Å²) in [6.07, 6.45) is 3.82. The third-order valence-electron chi connectivity index (χ3n) is 4.99. The molecule has 1 amide bonds. The number of ether oxygens (including phenoxy) is 2. The summed E-state index contributed by atoms with van der Waals surface area (Å²) >= 11 is 1.30. The molecule has 33 heavy (non-hydrogen) atoms. The van der Waals surface area contributed by atoms with Crippen molar-refractivity contribution in [2.45, 2.75) is 23.8 Å². The van der Waals surface area contributed by atoms with Gasteiger partial charge in [-0.3, -0.25) is 4.79 Å². The van der Waals surface area contributed by atoms with Crippen LogP contribution in [-0.4, -0.2) is 29.7 Å². The normalized spacial score (nSPS) is 12.5. The van der Waals surface area contributed by atoms with Crippen molar-refractivity contribution in [2.24, 2.45) is 0 Å². The first-order valence-corrected chi connectivity index (χ1v) is 11.6. The highest BCUT2D eigenvalue weighted by atomic mass is 32.2. The molecular formula is C25H21N3O4S. The number of nitrogens with one attached hydrogen (secondary N) is 1. The lowest BCUT2D eigenvalue weighted by molar-refractivity contribution is -0.119. The van der Waals surface area contributed by atoms with Crippen molar-refractivity contribution in [2.75, 3.05) is 18.2 Å². The fourth-order valence-corrected chi connectivity index (χ4v) is 3.77. The highest BCUT2D eigenvalue weighted by Gasteiger charge is 2.29. The Hall–Kier alpha value is -3.83. The molecule has 0 unspecified atom stereocenters. The molecule has 8 heteroatoms. The number of carbonyl (C=O) groups excluding carboxylic acids is 2. The predicted octanol–water partition coefficient (Wildman–Crippen LogP) is 5.14. The van der Waals surface area contributed by atoms with Crippen LogP contribution in [0.3, 0.4) is 0 Å². The van der Waals surface area contributed by atoms with Crippen LogP contribution in [0.2, 0.25) is 0 Å². The second-order valence-electron chi connectivity index (χ2n) is 7.40. The lowest BCUT2D eigenvalue weighted by atomic mass is 10.1. The number of carbonyl (C=O) groups is 2. The Kier molecular flexibility index (Phi) is 6.91. The smallest absolute Gasteiger partial charge is 0.340 e. The van der Waals surface area contributed by atoms with Gasteiger partial charge in [0.2, 0.25) is 0 Å². The summed E-state index contributed by atoms with van der Waals surface area (Å²) in [6.45, 7) is -0.501. The average Bonchev–Trinajstić information content (AvgIpc) is 3.69. The van der Waals surface area contributed by atoms with E-state index >= 15 is 0 Å². The first-order valence-electron chi connectivity index (χ1n) is 10.4. The number of esters is 1. The van der Waals surface area contributed by atoms with E-state index in [1.54, 1.807) is 48.7 Å². The fourth-order valence-electron chi connectivity index (χ4n) is 3.22. The van der Waals surface area contributed by atoms with Gasteiger partial charge in [0.1, 0.15) is 16.8 Å². The minimum Gasteiger partial charge on any atom is -0.455 e. The topological polar surface area (TPSA) is 101 Å². The molecule has 0 aliphatic heterocycles. The van der Waals surface area contributed by atoms with E-state index in [4.69, 9.17) is 9.47 Å². The Balaban J connectivity index is 1.44. The largest absolute Gasteiger partial charge is 0.455 e. The molecule has 2 aromatic carbocycles. The zero-order valence-corrected chi connectivity index (χ0v) is 18.7. The molecule has 1 fully saturated rings. The van der Waals surface area contributed by atoms with Crippen LogP contribution in [-0.2, 0) is 9.53 Å². The lowest BCUT2D eigenvalue weighted by Crippen LogP contribution is -2.22. The summed E-state index contributed by atoms with van der Waals surface area (Å²) in [7, 11) is 0. The van der Waals surface area contributed by atoms with Gasteiger partial charge < -0.3 is 14.8 Å². The third kappa shape index (κ3) is 5.51. The van der Waals surface area contributed by atoms with Crippen molar-refractivity contribution in [3.63, 3.8) is 0 Å². The van der Waals surface area contributed by atoms with E-state index in [-0.39, 0.29) is 11.1 Å². The van der Waals surface area contributed by atoms with Crippen molar-refractivity contribution < 1.29 is 19.1 Å². The number of hydrogen-bond donors (Lipinski definition) is 1. The van der Waals surface area contributed by atoms with Crippen molar-refractivity contribution in [1.82, 2.24) is 4.98 Å². The molecule has 0 spiro atoms. The van der Waals surface area contributed by atoms with Crippen LogP contribution in [0.5, 0.6) is 11.5 Å². The van der Waals surface area contributed by atoms with Crippen LogP contribution in [0.4, 0.5) is 5.69 Å². The van der Waals surface area contributed by atoms with Gasteiger partial charge in [0.15, 0.2) is 12.4 Å². The van der Waals surface area contributed by atoms with Crippen molar-refractivity contribution in [3.05, 3.63) is 77.5 Å². The number of pyridine rings is 1. The predicted molar refractivity (Wildman–Crippen MR) is 125 cm³/mol. The Morgan fingerprint density at radius 3 is 2.58 bits per heavy atom.